The summed E-state index contributed by atoms with van der Waals surface area (Å²) in [7, 11) is 0. The van der Waals surface area contributed by atoms with Crippen LogP contribution in [0.2, 0.25) is 0 Å². The van der Waals surface area contributed by atoms with E-state index in [1.165, 1.54) is 18.4 Å². The van der Waals surface area contributed by atoms with Crippen LogP contribution >= 0.6 is 0 Å². The summed E-state index contributed by atoms with van der Waals surface area (Å²) in [5.41, 5.74) is 1.42. The van der Waals surface area contributed by atoms with Gasteiger partial charge in [-0.25, -0.2) is 0 Å². The number of hydrogen-bond acceptors (Lipinski definition) is 2. The zero-order valence-electron chi connectivity index (χ0n) is 17.3. The van der Waals surface area contributed by atoms with E-state index in [0.29, 0.717) is 13.1 Å². The van der Waals surface area contributed by atoms with Gasteiger partial charge in [0.25, 0.3) is 0 Å². The topological polar surface area (TPSA) is 49.4 Å². The Balaban J connectivity index is 1.97. The molecule has 2 amide bonds. The summed E-state index contributed by atoms with van der Waals surface area (Å²) in [6.45, 7) is 8.55. The Labute approximate surface area is 164 Å². The van der Waals surface area contributed by atoms with E-state index in [1.54, 1.807) is 18.7 Å². The zero-order valence-corrected chi connectivity index (χ0v) is 17.3. The van der Waals surface area contributed by atoms with Gasteiger partial charge in [0.1, 0.15) is 5.41 Å². The summed E-state index contributed by atoms with van der Waals surface area (Å²) >= 11 is 0. The second kappa shape index (κ2) is 9.72. The lowest BCUT2D eigenvalue weighted by molar-refractivity contribution is -0.150. The molecule has 1 aromatic carbocycles. The van der Waals surface area contributed by atoms with E-state index in [4.69, 9.17) is 0 Å². The van der Waals surface area contributed by atoms with E-state index in [-0.39, 0.29) is 17.9 Å². The molecule has 0 atom stereocenters. The van der Waals surface area contributed by atoms with E-state index in [1.807, 2.05) is 44.2 Å². The van der Waals surface area contributed by atoms with Crippen molar-refractivity contribution in [3.63, 3.8) is 0 Å². The van der Waals surface area contributed by atoms with E-state index in [2.05, 4.69) is 11.4 Å². The second-order valence-electron chi connectivity index (χ2n) is 8.25. The van der Waals surface area contributed by atoms with Gasteiger partial charge in [-0.3, -0.25) is 9.59 Å². The molecule has 0 bridgehead atoms. The quantitative estimate of drug-likeness (QED) is 0.543. The summed E-state index contributed by atoms with van der Waals surface area (Å²) in [6, 6.07) is 9.94. The molecule has 27 heavy (non-hydrogen) atoms. The number of amides is 2. The van der Waals surface area contributed by atoms with Gasteiger partial charge in [0.15, 0.2) is 0 Å². The highest BCUT2D eigenvalue weighted by atomic mass is 16.2. The normalized spacial score (nSPS) is 14.6. The van der Waals surface area contributed by atoms with Crippen LogP contribution in [0.5, 0.6) is 0 Å². The molecule has 1 aliphatic carbocycles. The van der Waals surface area contributed by atoms with Crippen LogP contribution in [0.1, 0.15) is 65.4 Å². The largest absolute Gasteiger partial charge is 0.355 e. The average Bonchev–Trinajstić information content (AvgIpc) is 2.66. The Morgan fingerprint density at radius 3 is 2.44 bits per heavy atom. The third kappa shape index (κ3) is 5.95. The van der Waals surface area contributed by atoms with Crippen LogP contribution in [0.3, 0.4) is 0 Å². The Bertz CT molecular complexity index is 662. The fourth-order valence-corrected chi connectivity index (χ4v) is 3.41. The number of benzene rings is 1. The number of nitrogens with one attached hydrogen (secondary N) is 1. The fourth-order valence-electron chi connectivity index (χ4n) is 3.41. The second-order valence-corrected chi connectivity index (χ2v) is 8.25. The Morgan fingerprint density at radius 2 is 1.85 bits per heavy atom. The Kier molecular flexibility index (Phi) is 7.64. The third-order valence-corrected chi connectivity index (χ3v) is 5.30. The predicted molar refractivity (Wildman–Crippen MR) is 110 cm³/mol. The van der Waals surface area contributed by atoms with Gasteiger partial charge in [-0.05, 0) is 65.4 Å². The van der Waals surface area contributed by atoms with Crippen molar-refractivity contribution in [1.29, 1.82) is 0 Å². The molecule has 0 heterocycles. The molecule has 1 N–H and O–H groups in total. The van der Waals surface area contributed by atoms with Crippen molar-refractivity contribution in [2.24, 2.45) is 5.41 Å². The molecule has 0 spiro atoms. The van der Waals surface area contributed by atoms with E-state index in [9.17, 15) is 9.59 Å². The minimum Gasteiger partial charge on any atom is -0.355 e. The van der Waals surface area contributed by atoms with E-state index < -0.39 is 5.41 Å². The molecule has 148 valence electrons. The first-order valence-corrected chi connectivity index (χ1v) is 10.1. The lowest BCUT2D eigenvalue weighted by Crippen LogP contribution is -2.51. The summed E-state index contributed by atoms with van der Waals surface area (Å²) in [4.78, 5) is 27.7. The van der Waals surface area contributed by atoms with Gasteiger partial charge < -0.3 is 10.2 Å². The minimum absolute atomic E-state index is 0.0252. The number of carbonyl (C=O) groups is 2. The highest BCUT2D eigenvalue weighted by Crippen LogP contribution is 2.23. The van der Waals surface area contributed by atoms with E-state index in [0.717, 1.165) is 24.8 Å². The number of allylic oxidation sites excluding steroid dienone is 1. The zero-order chi connectivity index (χ0) is 19.9. The van der Waals surface area contributed by atoms with Gasteiger partial charge >= 0.3 is 0 Å². The molecule has 4 heteroatoms. The number of nitrogens with zero attached hydrogens (tertiary/aromatic N) is 1. The van der Waals surface area contributed by atoms with Gasteiger partial charge in [-0.1, -0.05) is 42.0 Å². The van der Waals surface area contributed by atoms with Crippen LogP contribution in [0.4, 0.5) is 0 Å². The molecule has 0 saturated heterocycles. The monoisotopic (exact) mass is 370 g/mol. The van der Waals surface area contributed by atoms with Crippen LogP contribution in [0.25, 0.3) is 0 Å². The number of hydrogen-bond donors (Lipinski definition) is 1. The van der Waals surface area contributed by atoms with Crippen molar-refractivity contribution < 1.29 is 9.59 Å². The maximum absolute atomic E-state index is 13.2. The van der Waals surface area contributed by atoms with Gasteiger partial charge in [0.05, 0.1) is 0 Å². The highest BCUT2D eigenvalue weighted by Gasteiger charge is 2.39. The maximum atomic E-state index is 13.2. The SMILES string of the molecule is CC(C)N(Cc1ccccc1)C(=O)C(C)(C)C(=O)NCCC1=CCCCC1. The fraction of sp³-hybridized carbons (Fsp3) is 0.565. The van der Waals surface area contributed by atoms with Crippen molar-refractivity contribution in [3.05, 3.63) is 47.5 Å². The average molecular weight is 371 g/mol. The molecule has 2 rings (SSSR count). The van der Waals surface area contributed by atoms with Crippen LogP contribution in [0, 0.1) is 5.41 Å². The summed E-state index contributed by atoms with van der Waals surface area (Å²) in [5.74, 6) is -0.321. The molecule has 4 nitrogen and oxygen atoms in total. The molecule has 0 fully saturated rings. The molecule has 1 aromatic rings. The van der Waals surface area contributed by atoms with Gasteiger partial charge in [0.2, 0.25) is 11.8 Å². The van der Waals surface area contributed by atoms with Crippen molar-refractivity contribution in [1.82, 2.24) is 10.2 Å². The molecular formula is C23H34N2O2. The third-order valence-electron chi connectivity index (χ3n) is 5.30. The van der Waals surface area contributed by atoms with Crippen LogP contribution < -0.4 is 5.32 Å². The number of carbonyl (C=O) groups excluding carboxylic acids is 2. The molecule has 0 unspecified atom stereocenters. The maximum Gasteiger partial charge on any atom is 0.238 e. The molecule has 0 radical (unpaired) electrons. The Morgan fingerprint density at radius 1 is 1.15 bits per heavy atom. The molecule has 0 aromatic heterocycles. The van der Waals surface area contributed by atoms with E-state index >= 15 is 0 Å². The first-order chi connectivity index (χ1) is 12.8. The molecule has 0 aliphatic heterocycles. The van der Waals surface area contributed by atoms with Crippen molar-refractivity contribution >= 4 is 11.8 Å². The van der Waals surface area contributed by atoms with Gasteiger partial charge in [-0.15, -0.1) is 0 Å². The summed E-state index contributed by atoms with van der Waals surface area (Å²) in [5, 5.41) is 2.98. The van der Waals surface area contributed by atoms with Crippen LogP contribution in [-0.4, -0.2) is 29.3 Å². The molecule has 1 aliphatic rings. The predicted octanol–water partition coefficient (Wildman–Crippen LogP) is 4.46. The lowest BCUT2D eigenvalue weighted by Gasteiger charge is -2.34. The summed E-state index contributed by atoms with van der Waals surface area (Å²) in [6.07, 6.45) is 7.98. The van der Waals surface area contributed by atoms with Crippen molar-refractivity contribution in [2.45, 2.75) is 72.4 Å². The standard InChI is InChI=1S/C23H34N2O2/c1-18(2)25(17-20-13-9-6-10-14-20)22(27)23(3,4)21(26)24-16-15-19-11-7-5-8-12-19/h6,9-11,13-14,18H,5,7-8,12,15-17H2,1-4H3,(H,24,26). The van der Waals surface area contributed by atoms with Crippen LogP contribution in [0.15, 0.2) is 42.0 Å². The highest BCUT2D eigenvalue weighted by molar-refractivity contribution is 6.04. The smallest absolute Gasteiger partial charge is 0.238 e. The lowest BCUT2D eigenvalue weighted by atomic mass is 9.89. The molecular weight excluding hydrogens is 336 g/mol. The first-order valence-electron chi connectivity index (χ1n) is 10.1. The first kappa shape index (κ1) is 21.2. The minimum atomic E-state index is -1.08. The molecule has 0 saturated carbocycles. The summed E-state index contributed by atoms with van der Waals surface area (Å²) < 4.78 is 0. The number of rotatable bonds is 8. The van der Waals surface area contributed by atoms with Crippen molar-refractivity contribution in [3.8, 4) is 0 Å². The van der Waals surface area contributed by atoms with Gasteiger partial charge in [-0.2, -0.15) is 0 Å². The van der Waals surface area contributed by atoms with Gasteiger partial charge in [0, 0.05) is 19.1 Å². The Hall–Kier alpha value is -2.10. The van der Waals surface area contributed by atoms with Crippen molar-refractivity contribution in [2.75, 3.05) is 6.54 Å². The van der Waals surface area contributed by atoms with Crippen LogP contribution in [-0.2, 0) is 16.1 Å².